The number of carbonyl (C=O) groups is 2. The zero-order valence-corrected chi connectivity index (χ0v) is 16.7. The van der Waals surface area contributed by atoms with Crippen LogP contribution in [-0.2, 0) is 22.5 Å². The third kappa shape index (κ3) is 4.90. The summed E-state index contributed by atoms with van der Waals surface area (Å²) in [5.41, 5.74) is 3.02. The zero-order chi connectivity index (χ0) is 20.0. The van der Waals surface area contributed by atoms with Crippen molar-refractivity contribution in [3.8, 4) is 0 Å². The average molecular weight is 372 g/mol. The number of nitrogens with one attached hydrogen (secondary N) is 1. The molecule has 27 heavy (non-hydrogen) atoms. The third-order valence-corrected chi connectivity index (χ3v) is 4.50. The first-order valence-electron chi connectivity index (χ1n) is 9.26. The van der Waals surface area contributed by atoms with Gasteiger partial charge >= 0.3 is 5.97 Å². The summed E-state index contributed by atoms with van der Waals surface area (Å²) in [6.07, 6.45) is 5.38. The minimum atomic E-state index is -0.364. The molecule has 1 amide bonds. The summed E-state index contributed by atoms with van der Waals surface area (Å²) in [5.74, 6) is 0.240. The fraction of sp³-hybridized carbons (Fsp3) is 0.429. The van der Waals surface area contributed by atoms with Crippen molar-refractivity contribution in [1.82, 2.24) is 9.88 Å². The molecule has 1 unspecified atom stereocenters. The molecule has 0 aliphatic heterocycles. The lowest BCUT2D eigenvalue weighted by molar-refractivity contribution is -0.117. The number of nitrogens with zero attached hydrogens (tertiary/aromatic N) is 1. The van der Waals surface area contributed by atoms with Gasteiger partial charge in [0.05, 0.1) is 18.4 Å². The van der Waals surface area contributed by atoms with Gasteiger partial charge in [0, 0.05) is 42.0 Å². The molecule has 2 aromatic rings. The van der Waals surface area contributed by atoms with Gasteiger partial charge < -0.3 is 19.0 Å². The number of esters is 1. The predicted octanol–water partition coefficient (Wildman–Crippen LogP) is 3.66. The molecule has 2 rings (SSSR count). The minimum absolute atomic E-state index is 0.0686. The van der Waals surface area contributed by atoms with Crippen molar-refractivity contribution in [1.29, 1.82) is 0 Å². The summed E-state index contributed by atoms with van der Waals surface area (Å²) >= 11 is 0. The van der Waals surface area contributed by atoms with Gasteiger partial charge in [0.2, 0.25) is 5.91 Å². The summed E-state index contributed by atoms with van der Waals surface area (Å²) in [5, 5.41) is 2.91. The Kier molecular flexibility index (Phi) is 7.05. The third-order valence-electron chi connectivity index (χ3n) is 4.50. The number of carbonyl (C=O) groups excluding carboxylic acids is 2. The monoisotopic (exact) mass is 372 g/mol. The molecule has 1 N–H and O–H groups in total. The largest absolute Gasteiger partial charge is 0.469 e. The Morgan fingerprint density at radius 2 is 2.04 bits per heavy atom. The van der Waals surface area contributed by atoms with Gasteiger partial charge in [-0.2, -0.15) is 0 Å². The number of ether oxygens (including phenoxy) is 1. The van der Waals surface area contributed by atoms with Gasteiger partial charge in [-0.3, -0.25) is 4.79 Å². The molecule has 0 spiro atoms. The van der Waals surface area contributed by atoms with Gasteiger partial charge in [-0.25, -0.2) is 4.79 Å². The highest BCUT2D eigenvalue weighted by molar-refractivity contribution is 5.98. The summed E-state index contributed by atoms with van der Waals surface area (Å²) in [6, 6.07) is 3.63. The van der Waals surface area contributed by atoms with E-state index in [1.807, 2.05) is 44.4 Å². The second kappa shape index (κ2) is 9.26. The van der Waals surface area contributed by atoms with Crippen molar-refractivity contribution in [2.24, 2.45) is 0 Å². The lowest BCUT2D eigenvalue weighted by Crippen LogP contribution is -2.32. The maximum absolute atomic E-state index is 12.4. The quantitative estimate of drug-likeness (QED) is 0.567. The van der Waals surface area contributed by atoms with E-state index in [0.717, 1.165) is 29.3 Å². The Morgan fingerprint density at radius 1 is 1.30 bits per heavy atom. The Labute approximate surface area is 160 Å². The molecular weight excluding hydrogens is 344 g/mol. The molecule has 0 aliphatic carbocycles. The van der Waals surface area contributed by atoms with Crippen molar-refractivity contribution >= 4 is 18.0 Å². The van der Waals surface area contributed by atoms with Crippen molar-refractivity contribution in [2.45, 2.75) is 53.6 Å². The van der Waals surface area contributed by atoms with Crippen LogP contribution in [-0.4, -0.2) is 29.1 Å². The van der Waals surface area contributed by atoms with Crippen LogP contribution in [0.5, 0.6) is 0 Å². The van der Waals surface area contributed by atoms with E-state index in [4.69, 9.17) is 9.15 Å². The van der Waals surface area contributed by atoms with E-state index < -0.39 is 0 Å². The second-order valence-corrected chi connectivity index (χ2v) is 6.45. The molecule has 0 bridgehead atoms. The predicted molar refractivity (Wildman–Crippen MR) is 105 cm³/mol. The number of furan rings is 1. The van der Waals surface area contributed by atoms with E-state index in [1.54, 1.807) is 19.3 Å². The highest BCUT2D eigenvalue weighted by atomic mass is 16.5. The first kappa shape index (κ1) is 20.6. The maximum Gasteiger partial charge on any atom is 0.340 e. The molecule has 6 heteroatoms. The number of hydrogen-bond acceptors (Lipinski definition) is 4. The molecule has 2 aromatic heterocycles. The van der Waals surface area contributed by atoms with Gasteiger partial charge in [0.15, 0.2) is 0 Å². The van der Waals surface area contributed by atoms with Crippen LogP contribution < -0.4 is 5.32 Å². The van der Waals surface area contributed by atoms with Crippen LogP contribution in [0, 0.1) is 13.8 Å². The molecule has 6 nitrogen and oxygen atoms in total. The molecule has 0 saturated carbocycles. The molecule has 1 atom stereocenters. The van der Waals surface area contributed by atoms with E-state index in [-0.39, 0.29) is 17.9 Å². The van der Waals surface area contributed by atoms with Crippen LogP contribution in [0.4, 0.5) is 0 Å². The van der Waals surface area contributed by atoms with Crippen LogP contribution in [0.1, 0.15) is 53.8 Å². The number of hydrogen-bond donors (Lipinski definition) is 1. The number of aromatic nitrogens is 1. The lowest BCUT2D eigenvalue weighted by Gasteiger charge is -2.10. The zero-order valence-electron chi connectivity index (χ0n) is 16.7. The fourth-order valence-corrected chi connectivity index (χ4v) is 3.28. The summed E-state index contributed by atoms with van der Waals surface area (Å²) < 4.78 is 12.5. The first-order chi connectivity index (χ1) is 12.9. The van der Waals surface area contributed by atoms with Gasteiger partial charge in [0.25, 0.3) is 0 Å². The van der Waals surface area contributed by atoms with E-state index in [0.29, 0.717) is 18.6 Å². The molecule has 0 aromatic carbocycles. The van der Waals surface area contributed by atoms with Crippen molar-refractivity contribution < 1.29 is 18.7 Å². The normalized spacial score (nSPS) is 12.3. The lowest BCUT2D eigenvalue weighted by atomic mass is 10.1. The summed E-state index contributed by atoms with van der Waals surface area (Å²) in [4.78, 5) is 24.7. The van der Waals surface area contributed by atoms with Gasteiger partial charge in [-0.1, -0.05) is 0 Å². The molecule has 146 valence electrons. The summed E-state index contributed by atoms with van der Waals surface area (Å²) in [7, 11) is 0. The second-order valence-electron chi connectivity index (χ2n) is 6.45. The minimum Gasteiger partial charge on any atom is -0.469 e. The van der Waals surface area contributed by atoms with E-state index >= 15 is 0 Å². The topological polar surface area (TPSA) is 73.5 Å². The maximum atomic E-state index is 12.4. The summed E-state index contributed by atoms with van der Waals surface area (Å²) in [6.45, 7) is 10.6. The van der Waals surface area contributed by atoms with E-state index in [9.17, 15) is 9.59 Å². The SMILES string of the molecule is CCOC(=O)c1c(/C=C/C(=O)NC(C)Cc2ccco2)c(C)n(CC)c1C. The van der Waals surface area contributed by atoms with Gasteiger partial charge in [-0.15, -0.1) is 0 Å². The Morgan fingerprint density at radius 3 is 2.63 bits per heavy atom. The van der Waals surface area contributed by atoms with Crippen LogP contribution in [0.3, 0.4) is 0 Å². The van der Waals surface area contributed by atoms with Crippen LogP contribution in [0.15, 0.2) is 28.9 Å². The molecule has 2 heterocycles. The Hall–Kier alpha value is -2.76. The number of rotatable bonds is 8. The van der Waals surface area contributed by atoms with Gasteiger partial charge in [-0.05, 0) is 52.8 Å². The van der Waals surface area contributed by atoms with E-state index in [2.05, 4.69) is 5.32 Å². The van der Waals surface area contributed by atoms with E-state index in [1.165, 1.54) is 6.08 Å². The highest BCUT2D eigenvalue weighted by Gasteiger charge is 2.22. The van der Waals surface area contributed by atoms with Crippen molar-refractivity contribution in [2.75, 3.05) is 6.61 Å². The molecule has 0 fully saturated rings. The van der Waals surface area contributed by atoms with Crippen LogP contribution in [0.2, 0.25) is 0 Å². The van der Waals surface area contributed by atoms with Crippen molar-refractivity contribution in [3.05, 3.63) is 52.7 Å². The molecule has 0 saturated heterocycles. The van der Waals surface area contributed by atoms with Gasteiger partial charge in [0.1, 0.15) is 5.76 Å². The Balaban J connectivity index is 2.17. The molecule has 0 radical (unpaired) electrons. The van der Waals surface area contributed by atoms with Crippen LogP contribution >= 0.6 is 0 Å². The standard InChI is InChI=1S/C21H28N2O4/c1-6-23-15(4)18(20(16(23)5)21(25)26-7-2)10-11-19(24)22-14(3)13-17-9-8-12-27-17/h8-12,14H,6-7,13H2,1-5H3,(H,22,24)/b11-10+. The Bertz CT molecular complexity index is 816. The number of amides is 1. The molecular formula is C21H28N2O4. The van der Waals surface area contributed by atoms with Crippen LogP contribution in [0.25, 0.3) is 6.08 Å². The average Bonchev–Trinajstić information content (AvgIpc) is 3.19. The first-order valence-corrected chi connectivity index (χ1v) is 9.26. The fourth-order valence-electron chi connectivity index (χ4n) is 3.28. The highest BCUT2D eigenvalue weighted by Crippen LogP contribution is 2.25. The smallest absolute Gasteiger partial charge is 0.340 e. The van der Waals surface area contributed by atoms with Crippen molar-refractivity contribution in [3.63, 3.8) is 0 Å². The molecule has 0 aliphatic rings.